The Kier molecular flexibility index (Phi) is 9.92. The van der Waals surface area contributed by atoms with E-state index in [-0.39, 0.29) is 0 Å². The lowest BCUT2D eigenvalue weighted by atomic mass is 10.4. The normalized spacial score (nSPS) is 13.7. The molecule has 2 atom stereocenters. The zero-order valence-corrected chi connectivity index (χ0v) is 17.1. The second-order valence-electron chi connectivity index (χ2n) is 5.01. The Bertz CT molecular complexity index is 482. The van der Waals surface area contributed by atoms with Crippen LogP contribution in [0.4, 0.5) is 0 Å². The van der Waals surface area contributed by atoms with E-state index < -0.39 is 0 Å². The van der Waals surface area contributed by atoms with Gasteiger partial charge in [-0.25, -0.2) is 0 Å². The van der Waals surface area contributed by atoms with Crippen LogP contribution in [0, 0.1) is 0 Å². The van der Waals surface area contributed by atoms with Gasteiger partial charge in [-0.1, -0.05) is 36.4 Å². The molecule has 0 radical (unpaired) electrons. The maximum absolute atomic E-state index is 4.52. The summed E-state index contributed by atoms with van der Waals surface area (Å²) in [5.41, 5.74) is 0. The van der Waals surface area contributed by atoms with Gasteiger partial charge >= 0.3 is 0 Å². The molecule has 0 saturated heterocycles. The Hall–Kier alpha value is 0.190. The largest absolute Gasteiger partial charge is 0.178 e. The fraction of sp³-hybridized carbons (Fsp3) is 0.333. The quantitative estimate of drug-likeness (QED) is 0.378. The van der Waals surface area contributed by atoms with E-state index in [1.165, 1.54) is 9.79 Å². The second-order valence-corrected chi connectivity index (χ2v) is 9.56. The topological polar surface area (TPSA) is 0 Å². The average Bonchev–Trinajstić information content (AvgIpc) is 2.61. The fourth-order valence-corrected chi connectivity index (χ4v) is 6.58. The lowest BCUT2D eigenvalue weighted by molar-refractivity contribution is 1.12. The number of hydrogen-bond acceptors (Lipinski definition) is 5. The van der Waals surface area contributed by atoms with Gasteiger partial charge in [0.2, 0.25) is 0 Å². The van der Waals surface area contributed by atoms with Crippen molar-refractivity contribution in [2.75, 3.05) is 23.0 Å². The fourth-order valence-electron chi connectivity index (χ4n) is 1.96. The van der Waals surface area contributed by atoms with Crippen molar-refractivity contribution in [3.8, 4) is 0 Å². The SMILES string of the molecule is SCC(CSCC(CS)Sc1ccccc1)Sc1ccccc1. The van der Waals surface area contributed by atoms with E-state index in [4.69, 9.17) is 0 Å². The van der Waals surface area contributed by atoms with Gasteiger partial charge in [0.05, 0.1) is 0 Å². The molecule has 0 bridgehead atoms. The molecule has 0 aliphatic carbocycles. The molecule has 23 heavy (non-hydrogen) atoms. The molecule has 2 rings (SSSR count). The first-order valence-electron chi connectivity index (χ1n) is 7.54. The Morgan fingerprint density at radius 1 is 0.652 bits per heavy atom. The highest BCUT2D eigenvalue weighted by Gasteiger charge is 2.13. The molecule has 2 aromatic carbocycles. The van der Waals surface area contributed by atoms with Gasteiger partial charge in [-0.15, -0.1) is 23.5 Å². The molecule has 0 heterocycles. The maximum Gasteiger partial charge on any atom is 0.0273 e. The van der Waals surface area contributed by atoms with Crippen molar-refractivity contribution in [3.05, 3.63) is 60.7 Å². The molecule has 0 nitrogen and oxygen atoms in total. The van der Waals surface area contributed by atoms with Crippen molar-refractivity contribution in [3.63, 3.8) is 0 Å². The summed E-state index contributed by atoms with van der Waals surface area (Å²) in [7, 11) is 0. The minimum Gasteiger partial charge on any atom is -0.178 e. The van der Waals surface area contributed by atoms with E-state index in [1.807, 2.05) is 35.3 Å². The molecule has 0 saturated carbocycles. The maximum atomic E-state index is 4.52. The third-order valence-corrected chi connectivity index (χ3v) is 8.60. The van der Waals surface area contributed by atoms with Gasteiger partial charge in [0, 0.05) is 43.3 Å². The molecule has 5 heteroatoms. The Balaban J connectivity index is 1.75. The van der Waals surface area contributed by atoms with Crippen LogP contribution < -0.4 is 0 Å². The lowest BCUT2D eigenvalue weighted by Crippen LogP contribution is -2.13. The van der Waals surface area contributed by atoms with Gasteiger partial charge in [0.1, 0.15) is 0 Å². The summed E-state index contributed by atoms with van der Waals surface area (Å²) >= 11 is 14.9. The highest BCUT2D eigenvalue weighted by Crippen LogP contribution is 2.30. The molecule has 124 valence electrons. The van der Waals surface area contributed by atoms with Crippen LogP contribution in [-0.2, 0) is 0 Å². The van der Waals surface area contributed by atoms with E-state index in [2.05, 4.69) is 85.9 Å². The molecule has 0 aliphatic heterocycles. The third-order valence-electron chi connectivity index (χ3n) is 3.11. The first-order chi connectivity index (χ1) is 11.3. The van der Waals surface area contributed by atoms with Crippen molar-refractivity contribution in [2.24, 2.45) is 0 Å². The average molecular weight is 399 g/mol. The van der Waals surface area contributed by atoms with Crippen LogP contribution in [-0.4, -0.2) is 33.5 Å². The molecule has 0 aliphatic rings. The Labute approximate surface area is 163 Å². The van der Waals surface area contributed by atoms with E-state index in [0.29, 0.717) is 10.5 Å². The lowest BCUT2D eigenvalue weighted by Gasteiger charge is -2.17. The Morgan fingerprint density at radius 2 is 1.04 bits per heavy atom. The van der Waals surface area contributed by atoms with Crippen molar-refractivity contribution in [2.45, 2.75) is 20.3 Å². The minimum absolute atomic E-state index is 0.549. The summed E-state index contributed by atoms with van der Waals surface area (Å²) < 4.78 is 0. The summed E-state index contributed by atoms with van der Waals surface area (Å²) in [6.45, 7) is 0. The van der Waals surface area contributed by atoms with Gasteiger partial charge in [0.15, 0.2) is 0 Å². The van der Waals surface area contributed by atoms with E-state index >= 15 is 0 Å². The Morgan fingerprint density at radius 3 is 1.39 bits per heavy atom. The number of hydrogen-bond donors (Lipinski definition) is 2. The van der Waals surface area contributed by atoms with Gasteiger partial charge in [-0.05, 0) is 24.3 Å². The van der Waals surface area contributed by atoms with Crippen molar-refractivity contribution >= 4 is 60.5 Å². The summed E-state index contributed by atoms with van der Waals surface area (Å²) in [5, 5.41) is 1.10. The van der Waals surface area contributed by atoms with E-state index in [0.717, 1.165) is 23.0 Å². The molecule has 2 unspecified atom stereocenters. The van der Waals surface area contributed by atoms with Crippen LogP contribution in [0.5, 0.6) is 0 Å². The molecule has 0 fully saturated rings. The predicted octanol–water partition coefficient (Wildman–Crippen LogP) is 5.90. The molecular formula is C18H22S5. The third kappa shape index (κ3) is 7.74. The van der Waals surface area contributed by atoms with Crippen molar-refractivity contribution in [1.29, 1.82) is 0 Å². The zero-order chi connectivity index (χ0) is 16.3. The number of rotatable bonds is 10. The summed E-state index contributed by atoms with van der Waals surface area (Å²) in [5.74, 6) is 4.07. The van der Waals surface area contributed by atoms with E-state index in [9.17, 15) is 0 Å². The van der Waals surface area contributed by atoms with Gasteiger partial charge in [-0.2, -0.15) is 37.0 Å². The molecular weight excluding hydrogens is 377 g/mol. The van der Waals surface area contributed by atoms with Crippen LogP contribution in [0.1, 0.15) is 0 Å². The van der Waals surface area contributed by atoms with Crippen LogP contribution >= 0.6 is 60.5 Å². The van der Waals surface area contributed by atoms with Gasteiger partial charge in [0.25, 0.3) is 0 Å². The summed E-state index contributed by atoms with van der Waals surface area (Å²) in [6.07, 6.45) is 0. The predicted molar refractivity (Wildman–Crippen MR) is 117 cm³/mol. The smallest absolute Gasteiger partial charge is 0.0273 e. The summed E-state index contributed by atoms with van der Waals surface area (Å²) in [4.78, 5) is 2.66. The molecule has 0 N–H and O–H groups in total. The summed E-state index contributed by atoms with van der Waals surface area (Å²) in [6, 6.07) is 21.2. The monoisotopic (exact) mass is 398 g/mol. The zero-order valence-electron chi connectivity index (χ0n) is 12.9. The van der Waals surface area contributed by atoms with Crippen LogP contribution in [0.15, 0.2) is 70.5 Å². The van der Waals surface area contributed by atoms with Crippen molar-refractivity contribution in [1.82, 2.24) is 0 Å². The van der Waals surface area contributed by atoms with Gasteiger partial charge in [-0.3, -0.25) is 0 Å². The van der Waals surface area contributed by atoms with Gasteiger partial charge < -0.3 is 0 Å². The first-order valence-corrected chi connectivity index (χ1v) is 11.7. The van der Waals surface area contributed by atoms with Crippen molar-refractivity contribution < 1.29 is 0 Å². The molecule has 0 amide bonds. The minimum atomic E-state index is 0.549. The van der Waals surface area contributed by atoms with Crippen LogP contribution in [0.25, 0.3) is 0 Å². The van der Waals surface area contributed by atoms with E-state index in [1.54, 1.807) is 0 Å². The molecule has 0 spiro atoms. The number of thioether (sulfide) groups is 3. The number of thiol groups is 2. The standard InChI is InChI=1S/C18H22S5/c19-11-17(22-15-7-3-1-4-8-15)13-21-14-18(12-20)23-16-9-5-2-6-10-16/h1-10,17-20H,11-14H2. The van der Waals surface area contributed by atoms with Crippen LogP contribution in [0.3, 0.4) is 0 Å². The first kappa shape index (κ1) is 19.5. The number of benzene rings is 2. The molecule has 0 aromatic heterocycles. The highest BCUT2D eigenvalue weighted by atomic mass is 32.2. The van der Waals surface area contributed by atoms with Crippen LogP contribution in [0.2, 0.25) is 0 Å². The molecule has 2 aromatic rings. The highest BCUT2D eigenvalue weighted by molar-refractivity contribution is 8.05. The second kappa shape index (κ2) is 11.7.